The van der Waals surface area contributed by atoms with Crippen molar-refractivity contribution < 1.29 is 4.79 Å². The summed E-state index contributed by atoms with van der Waals surface area (Å²) in [6.45, 7) is 2.16. The quantitative estimate of drug-likeness (QED) is 0.855. The normalized spacial score (nSPS) is 26.2. The molecule has 4 heteroatoms. The molecule has 18 heavy (non-hydrogen) atoms. The molecule has 3 nitrogen and oxygen atoms in total. The summed E-state index contributed by atoms with van der Waals surface area (Å²) in [6.07, 6.45) is 4.39. The molecule has 0 bridgehead atoms. The second kappa shape index (κ2) is 4.16. The number of hydrogen-bond donors (Lipinski definition) is 2. The largest absolute Gasteiger partial charge is 0.328 e. The highest BCUT2D eigenvalue weighted by atomic mass is 35.5. The second-order valence-electron chi connectivity index (χ2n) is 5.26. The van der Waals surface area contributed by atoms with Gasteiger partial charge < -0.3 is 10.6 Å². The summed E-state index contributed by atoms with van der Waals surface area (Å²) in [7, 11) is 0. The third-order valence-corrected chi connectivity index (χ3v) is 4.20. The van der Waals surface area contributed by atoms with Gasteiger partial charge in [0.05, 0.1) is 5.54 Å². The summed E-state index contributed by atoms with van der Waals surface area (Å²) < 4.78 is 0. The van der Waals surface area contributed by atoms with E-state index < -0.39 is 0 Å². The van der Waals surface area contributed by atoms with Gasteiger partial charge >= 0.3 is 6.03 Å². The second-order valence-corrected chi connectivity index (χ2v) is 5.70. The number of hydrogen-bond acceptors (Lipinski definition) is 1. The van der Waals surface area contributed by atoms with Gasteiger partial charge in [-0.05, 0) is 43.4 Å². The van der Waals surface area contributed by atoms with E-state index in [1.807, 2.05) is 18.2 Å². The van der Waals surface area contributed by atoms with E-state index in [4.69, 9.17) is 11.6 Å². The minimum Gasteiger partial charge on any atom is -0.328 e. The number of benzene rings is 1. The molecule has 1 aromatic carbocycles. The SMILES string of the molecule is CCCC1(C2CC2)NC(=O)Nc2ccc(Cl)cc21. The van der Waals surface area contributed by atoms with Gasteiger partial charge in [-0.2, -0.15) is 0 Å². The van der Waals surface area contributed by atoms with Crippen LogP contribution in [0.15, 0.2) is 18.2 Å². The number of fused-ring (bicyclic) bond motifs is 1. The van der Waals surface area contributed by atoms with Crippen molar-refractivity contribution in [1.82, 2.24) is 5.32 Å². The fraction of sp³-hybridized carbons (Fsp3) is 0.500. The molecular weight excluding hydrogens is 248 g/mol. The van der Waals surface area contributed by atoms with E-state index in [0.29, 0.717) is 5.92 Å². The Bertz CT molecular complexity index is 499. The number of carbonyl (C=O) groups is 1. The Morgan fingerprint density at radius 2 is 2.22 bits per heavy atom. The fourth-order valence-electron chi connectivity index (χ4n) is 3.11. The van der Waals surface area contributed by atoms with Gasteiger partial charge in [0.1, 0.15) is 0 Å². The first kappa shape index (κ1) is 11.8. The lowest BCUT2D eigenvalue weighted by Gasteiger charge is -2.40. The molecule has 3 rings (SSSR count). The van der Waals surface area contributed by atoms with E-state index in [0.717, 1.165) is 29.1 Å². The first-order valence-electron chi connectivity index (χ1n) is 6.55. The highest BCUT2D eigenvalue weighted by molar-refractivity contribution is 6.30. The third-order valence-electron chi connectivity index (χ3n) is 3.97. The van der Waals surface area contributed by atoms with Crippen LogP contribution in [0.4, 0.5) is 10.5 Å². The minimum absolute atomic E-state index is 0.0924. The molecule has 1 unspecified atom stereocenters. The van der Waals surface area contributed by atoms with Crippen molar-refractivity contribution in [3.63, 3.8) is 0 Å². The molecule has 0 aromatic heterocycles. The predicted molar refractivity (Wildman–Crippen MR) is 72.9 cm³/mol. The van der Waals surface area contributed by atoms with Crippen molar-refractivity contribution in [2.75, 3.05) is 5.32 Å². The molecule has 1 heterocycles. The molecule has 2 amide bonds. The van der Waals surface area contributed by atoms with Gasteiger partial charge in [0.15, 0.2) is 0 Å². The number of anilines is 1. The zero-order valence-electron chi connectivity index (χ0n) is 10.4. The van der Waals surface area contributed by atoms with Crippen LogP contribution in [0.3, 0.4) is 0 Å². The third kappa shape index (κ3) is 1.77. The summed E-state index contributed by atoms with van der Waals surface area (Å²) in [5.41, 5.74) is 1.85. The van der Waals surface area contributed by atoms with Gasteiger partial charge in [0.25, 0.3) is 0 Å². The van der Waals surface area contributed by atoms with Crippen LogP contribution in [0, 0.1) is 5.92 Å². The molecule has 1 fully saturated rings. The smallest absolute Gasteiger partial charge is 0.319 e. The summed E-state index contributed by atoms with van der Waals surface area (Å²) >= 11 is 6.13. The van der Waals surface area contributed by atoms with Gasteiger partial charge in [-0.25, -0.2) is 4.79 Å². The molecular formula is C14H17ClN2O. The Morgan fingerprint density at radius 1 is 1.44 bits per heavy atom. The number of nitrogens with one attached hydrogen (secondary N) is 2. The lowest BCUT2D eigenvalue weighted by atomic mass is 9.79. The van der Waals surface area contributed by atoms with E-state index >= 15 is 0 Å². The molecule has 96 valence electrons. The van der Waals surface area contributed by atoms with Gasteiger partial charge in [-0.1, -0.05) is 24.9 Å². The van der Waals surface area contributed by atoms with Crippen LogP contribution in [-0.2, 0) is 5.54 Å². The summed E-state index contributed by atoms with van der Waals surface area (Å²) in [4.78, 5) is 11.9. The number of rotatable bonds is 3. The Morgan fingerprint density at radius 3 is 2.89 bits per heavy atom. The van der Waals surface area contributed by atoms with Crippen LogP contribution >= 0.6 is 11.6 Å². The molecule has 1 aliphatic heterocycles. The Labute approximate surface area is 112 Å². The van der Waals surface area contributed by atoms with E-state index in [-0.39, 0.29) is 11.6 Å². The molecule has 2 N–H and O–H groups in total. The van der Waals surface area contributed by atoms with Gasteiger partial charge in [0.2, 0.25) is 0 Å². The summed E-state index contributed by atoms with van der Waals surface area (Å²) in [5, 5.41) is 6.77. The Balaban J connectivity index is 2.14. The molecule has 0 spiro atoms. The minimum atomic E-state index is -0.211. The first-order valence-corrected chi connectivity index (χ1v) is 6.92. The predicted octanol–water partition coefficient (Wildman–Crippen LogP) is 3.88. The zero-order valence-corrected chi connectivity index (χ0v) is 11.2. The number of halogens is 1. The van der Waals surface area contributed by atoms with Crippen molar-refractivity contribution in [2.45, 2.75) is 38.1 Å². The summed E-state index contributed by atoms with van der Waals surface area (Å²) in [6, 6.07) is 5.64. The molecule has 1 saturated carbocycles. The maximum absolute atomic E-state index is 11.9. The summed E-state index contributed by atoms with van der Waals surface area (Å²) in [5.74, 6) is 0.556. The average molecular weight is 265 g/mol. The van der Waals surface area contributed by atoms with Crippen molar-refractivity contribution in [1.29, 1.82) is 0 Å². The first-order chi connectivity index (χ1) is 8.65. The van der Waals surface area contributed by atoms with Crippen LogP contribution in [0.1, 0.15) is 38.2 Å². The highest BCUT2D eigenvalue weighted by Crippen LogP contribution is 2.51. The van der Waals surface area contributed by atoms with Crippen molar-refractivity contribution >= 4 is 23.3 Å². The topological polar surface area (TPSA) is 41.1 Å². The van der Waals surface area contributed by atoms with Crippen molar-refractivity contribution in [2.24, 2.45) is 5.92 Å². The fourth-order valence-corrected chi connectivity index (χ4v) is 3.28. The number of carbonyl (C=O) groups excluding carboxylic acids is 1. The van der Waals surface area contributed by atoms with Crippen LogP contribution in [0.25, 0.3) is 0 Å². The van der Waals surface area contributed by atoms with Crippen LogP contribution in [0.5, 0.6) is 0 Å². The van der Waals surface area contributed by atoms with E-state index in [1.165, 1.54) is 12.8 Å². The molecule has 0 radical (unpaired) electrons. The zero-order chi connectivity index (χ0) is 12.8. The average Bonchev–Trinajstić information content (AvgIpc) is 3.14. The van der Waals surface area contributed by atoms with Crippen LogP contribution in [0.2, 0.25) is 5.02 Å². The maximum Gasteiger partial charge on any atom is 0.319 e. The monoisotopic (exact) mass is 264 g/mol. The lowest BCUT2D eigenvalue weighted by molar-refractivity contribution is 0.218. The molecule has 0 saturated heterocycles. The van der Waals surface area contributed by atoms with Gasteiger partial charge in [0, 0.05) is 16.3 Å². The van der Waals surface area contributed by atoms with E-state index in [1.54, 1.807) is 0 Å². The van der Waals surface area contributed by atoms with E-state index in [2.05, 4.69) is 17.6 Å². The number of urea groups is 1. The van der Waals surface area contributed by atoms with Crippen molar-refractivity contribution in [3.8, 4) is 0 Å². The number of amides is 2. The highest BCUT2D eigenvalue weighted by Gasteiger charge is 2.49. The molecule has 1 aromatic rings. The van der Waals surface area contributed by atoms with Gasteiger partial charge in [-0.3, -0.25) is 0 Å². The van der Waals surface area contributed by atoms with Crippen molar-refractivity contribution in [3.05, 3.63) is 28.8 Å². The molecule has 1 aliphatic carbocycles. The molecule has 2 aliphatic rings. The maximum atomic E-state index is 11.9. The Kier molecular flexibility index (Phi) is 2.74. The van der Waals surface area contributed by atoms with E-state index in [9.17, 15) is 4.79 Å². The van der Waals surface area contributed by atoms with Gasteiger partial charge in [-0.15, -0.1) is 0 Å². The Hall–Kier alpha value is -1.22. The molecule has 1 atom stereocenters. The standard InChI is InChI=1S/C14H17ClN2O/c1-2-7-14(9-3-4-9)11-8-10(15)5-6-12(11)16-13(18)17-14/h5-6,8-9H,2-4,7H2,1H3,(H2,16,17,18). The lowest BCUT2D eigenvalue weighted by Crippen LogP contribution is -2.53. The van der Waals surface area contributed by atoms with Crippen LogP contribution in [-0.4, -0.2) is 6.03 Å². The van der Waals surface area contributed by atoms with Crippen LogP contribution < -0.4 is 10.6 Å².